The molecule has 4 rings (SSSR count). The minimum atomic E-state index is -5.08. The average molecular weight is 684 g/mol. The molecule has 4 aromatic rings. The number of fused-ring (bicyclic) bond motifs is 1. The highest BCUT2D eigenvalue weighted by Gasteiger charge is 2.44. The number of carbonyl (C=O) groups excluding carboxylic acids is 2. The zero-order chi connectivity index (χ0) is 34.7. The second-order valence-electron chi connectivity index (χ2n) is 10.8. The quantitative estimate of drug-likeness (QED) is 0.0985. The summed E-state index contributed by atoms with van der Waals surface area (Å²) < 4.78 is 92.4. The third kappa shape index (κ3) is 7.56. The van der Waals surface area contributed by atoms with E-state index in [9.17, 15) is 35.9 Å². The van der Waals surface area contributed by atoms with Crippen LogP contribution < -0.4 is 0 Å². The second-order valence-corrected chi connectivity index (χ2v) is 11.2. The van der Waals surface area contributed by atoms with Gasteiger partial charge in [-0.25, -0.2) is 15.0 Å². The lowest BCUT2D eigenvalue weighted by molar-refractivity contribution is -0.149. The van der Waals surface area contributed by atoms with Crippen LogP contribution in [0.1, 0.15) is 55.0 Å². The molecule has 0 saturated heterocycles. The summed E-state index contributed by atoms with van der Waals surface area (Å²) in [6.07, 6.45) is -7.08. The van der Waals surface area contributed by atoms with Crippen molar-refractivity contribution in [3.05, 3.63) is 76.3 Å². The van der Waals surface area contributed by atoms with Crippen molar-refractivity contribution in [2.45, 2.75) is 50.5 Å². The summed E-state index contributed by atoms with van der Waals surface area (Å²) in [7, 11) is 2.21. The van der Waals surface area contributed by atoms with E-state index >= 15 is 0 Å². The Morgan fingerprint density at radius 3 is 2.19 bits per heavy atom. The number of alkyl halides is 6. The second kappa shape index (κ2) is 13.7. The fraction of sp³-hybridized carbons (Fsp3) is 0.355. The molecular weight excluding hydrogens is 656 g/mol. The molecular formula is C31H28ClF6N5O4. The molecule has 0 N–H and O–H groups in total. The van der Waals surface area contributed by atoms with Crippen molar-refractivity contribution in [3.63, 3.8) is 0 Å². The number of ether oxygens (including phenoxy) is 2. The highest BCUT2D eigenvalue weighted by atomic mass is 35.5. The van der Waals surface area contributed by atoms with Gasteiger partial charge in [0, 0.05) is 29.3 Å². The molecule has 0 radical (unpaired) electrons. The number of esters is 2. The van der Waals surface area contributed by atoms with Crippen molar-refractivity contribution in [1.82, 2.24) is 19.5 Å². The maximum absolute atomic E-state index is 13.6. The smallest absolute Gasteiger partial charge is 0.416 e. The van der Waals surface area contributed by atoms with Crippen LogP contribution >= 0.6 is 11.6 Å². The minimum Gasteiger partial charge on any atom is -0.469 e. The van der Waals surface area contributed by atoms with Crippen LogP contribution in [0.15, 0.2) is 54.0 Å². The summed E-state index contributed by atoms with van der Waals surface area (Å²) in [5.41, 5.74) is -3.55. The summed E-state index contributed by atoms with van der Waals surface area (Å²) in [6, 6.07) is 5.63. The molecule has 0 aliphatic rings. The first-order valence-corrected chi connectivity index (χ1v) is 14.3. The van der Waals surface area contributed by atoms with E-state index in [2.05, 4.69) is 19.9 Å². The lowest BCUT2D eigenvalue weighted by atomic mass is 9.75. The summed E-state index contributed by atoms with van der Waals surface area (Å²) >= 11 is 6.64. The molecule has 0 aliphatic heterocycles. The molecule has 2 aromatic heterocycles. The largest absolute Gasteiger partial charge is 0.469 e. The van der Waals surface area contributed by atoms with E-state index in [1.807, 2.05) is 18.4 Å². The molecule has 0 amide bonds. The average Bonchev–Trinajstić information content (AvgIpc) is 3.46. The van der Waals surface area contributed by atoms with Gasteiger partial charge in [-0.1, -0.05) is 17.7 Å². The van der Waals surface area contributed by atoms with Gasteiger partial charge < -0.3 is 14.0 Å². The van der Waals surface area contributed by atoms with Crippen LogP contribution in [0.3, 0.4) is 0 Å². The normalized spacial score (nSPS) is 13.7. The van der Waals surface area contributed by atoms with Gasteiger partial charge in [0.2, 0.25) is 0 Å². The van der Waals surface area contributed by atoms with Crippen molar-refractivity contribution >= 4 is 40.9 Å². The third-order valence-electron chi connectivity index (χ3n) is 7.44. The highest BCUT2D eigenvalue weighted by molar-refractivity contribution is 6.32. The summed E-state index contributed by atoms with van der Waals surface area (Å²) in [6.45, 7) is 3.30. The number of hydrogen-bond donors (Lipinski definition) is 0. The molecule has 2 aromatic carbocycles. The molecule has 1 unspecified atom stereocenters. The maximum atomic E-state index is 13.6. The van der Waals surface area contributed by atoms with E-state index < -0.39 is 52.9 Å². The lowest BCUT2D eigenvalue weighted by Crippen LogP contribution is -2.41. The van der Waals surface area contributed by atoms with Crippen LogP contribution in [0.2, 0.25) is 5.02 Å². The fourth-order valence-electron chi connectivity index (χ4n) is 5.03. The number of nitrogens with zero attached hydrogens (tertiary/aromatic N) is 5. The number of rotatable bonds is 10. The van der Waals surface area contributed by atoms with Crippen molar-refractivity contribution < 1.29 is 45.4 Å². The van der Waals surface area contributed by atoms with Crippen LogP contribution in [-0.4, -0.2) is 58.4 Å². The van der Waals surface area contributed by atoms with Gasteiger partial charge in [0.1, 0.15) is 23.0 Å². The number of methoxy groups -OCH3 is 2. The van der Waals surface area contributed by atoms with E-state index in [1.165, 1.54) is 18.5 Å². The molecule has 0 spiro atoms. The van der Waals surface area contributed by atoms with Gasteiger partial charge in [-0.05, 0) is 61.7 Å². The molecule has 16 heteroatoms. The number of hydrogen-bond acceptors (Lipinski definition) is 8. The molecule has 47 heavy (non-hydrogen) atoms. The molecule has 0 fully saturated rings. The lowest BCUT2D eigenvalue weighted by Gasteiger charge is -2.31. The molecule has 0 bridgehead atoms. The Labute approximate surface area is 269 Å². The van der Waals surface area contributed by atoms with E-state index in [0.29, 0.717) is 34.6 Å². The van der Waals surface area contributed by atoms with Crippen LogP contribution in [0.5, 0.6) is 0 Å². The van der Waals surface area contributed by atoms with E-state index in [1.54, 1.807) is 12.4 Å². The van der Waals surface area contributed by atoms with Crippen LogP contribution in [0.25, 0.3) is 22.4 Å². The number of halogens is 7. The molecule has 2 heterocycles. The Bertz CT molecular complexity index is 1790. The number of benzene rings is 2. The predicted octanol–water partition coefficient (Wildman–Crippen LogP) is 7.25. The van der Waals surface area contributed by atoms with Crippen molar-refractivity contribution in [1.29, 1.82) is 0 Å². The van der Waals surface area contributed by atoms with Crippen LogP contribution in [0.4, 0.5) is 26.3 Å². The van der Waals surface area contributed by atoms with Crippen LogP contribution in [0, 0.1) is 0 Å². The Morgan fingerprint density at radius 1 is 0.957 bits per heavy atom. The van der Waals surface area contributed by atoms with Crippen LogP contribution in [-0.2, 0) is 36.8 Å². The Morgan fingerprint density at radius 2 is 1.62 bits per heavy atom. The molecule has 250 valence electrons. The zero-order valence-electron chi connectivity index (χ0n) is 25.4. The fourth-order valence-corrected chi connectivity index (χ4v) is 5.33. The first-order valence-electron chi connectivity index (χ1n) is 13.9. The Kier molecular flexibility index (Phi) is 10.3. The predicted molar refractivity (Wildman–Crippen MR) is 160 cm³/mol. The van der Waals surface area contributed by atoms with Gasteiger partial charge in [0.05, 0.1) is 38.2 Å². The molecule has 1 atom stereocenters. The first kappa shape index (κ1) is 35.3. The minimum absolute atomic E-state index is 0.00790. The van der Waals surface area contributed by atoms with Gasteiger partial charge in [-0.2, -0.15) is 26.3 Å². The standard InChI is InChI=1S/C31H28ClF6N5O4/c1-17(2)43-16-42-26-25(40-15-41-27(26)43)19-5-6-23(32)22(11-19)29(28(45)47-4,8-7-24(44)46-3)14-39-13-18-9-20(30(33,34)35)12-21(10-18)31(36,37)38/h5-6,9-13,15-17H,7-8,14H2,1-4H3. The summed E-state index contributed by atoms with van der Waals surface area (Å²) in [4.78, 5) is 43.1. The summed E-state index contributed by atoms with van der Waals surface area (Å²) in [5, 5.41) is 0.0376. The van der Waals surface area contributed by atoms with Crippen molar-refractivity contribution in [2.24, 2.45) is 4.99 Å². The molecule has 0 saturated carbocycles. The van der Waals surface area contributed by atoms with Crippen molar-refractivity contribution in [3.8, 4) is 11.3 Å². The molecule has 9 nitrogen and oxygen atoms in total. The number of imidazole rings is 1. The Hall–Kier alpha value is -4.53. The summed E-state index contributed by atoms with van der Waals surface area (Å²) in [5.74, 6) is -1.63. The topological polar surface area (TPSA) is 109 Å². The van der Waals surface area contributed by atoms with Gasteiger partial charge in [0.15, 0.2) is 5.65 Å². The highest BCUT2D eigenvalue weighted by Crippen LogP contribution is 2.40. The maximum Gasteiger partial charge on any atom is 0.416 e. The molecule has 0 aliphatic carbocycles. The van der Waals surface area contributed by atoms with Gasteiger partial charge in [-0.15, -0.1) is 0 Å². The van der Waals surface area contributed by atoms with Gasteiger partial charge in [-0.3, -0.25) is 14.6 Å². The number of carbonyl (C=O) groups is 2. The van der Waals surface area contributed by atoms with Gasteiger partial charge in [0.25, 0.3) is 0 Å². The number of aromatic nitrogens is 4. The first-order chi connectivity index (χ1) is 22.0. The van der Waals surface area contributed by atoms with E-state index in [0.717, 1.165) is 20.4 Å². The Balaban J connectivity index is 1.88. The van der Waals surface area contributed by atoms with E-state index in [4.69, 9.17) is 21.1 Å². The number of aliphatic imine (C=N–C) groups is 1. The monoisotopic (exact) mass is 683 g/mol. The van der Waals surface area contributed by atoms with E-state index in [-0.39, 0.29) is 35.5 Å². The van der Waals surface area contributed by atoms with Crippen molar-refractivity contribution in [2.75, 3.05) is 20.8 Å². The van der Waals surface area contributed by atoms with Gasteiger partial charge >= 0.3 is 24.3 Å². The zero-order valence-corrected chi connectivity index (χ0v) is 26.2. The SMILES string of the molecule is COC(=O)CCC(CN=Cc1cc(C(F)(F)F)cc(C(F)(F)F)c1)(C(=O)OC)c1cc(-c2ncnc3c2ncn3C(C)C)ccc1Cl. The third-order valence-corrected chi connectivity index (χ3v) is 7.77.